The minimum atomic E-state index is -0.272. The van der Waals surface area contributed by atoms with Gasteiger partial charge >= 0.3 is 0 Å². The fourth-order valence-electron chi connectivity index (χ4n) is 2.35. The van der Waals surface area contributed by atoms with Crippen LogP contribution in [0.15, 0.2) is 17.5 Å². The molecule has 0 bridgehead atoms. The number of β-amino-alcohol motifs (C(OH)–C–C–N with tert-alkyl or cyclic N) is 1. The van der Waals surface area contributed by atoms with Gasteiger partial charge in [-0.2, -0.15) is 0 Å². The lowest BCUT2D eigenvalue weighted by Gasteiger charge is -2.30. The third-order valence-corrected chi connectivity index (χ3v) is 4.35. The zero-order valence-corrected chi connectivity index (χ0v) is 12.4. The molecule has 1 saturated heterocycles. The van der Waals surface area contributed by atoms with Crippen LogP contribution in [-0.4, -0.2) is 74.0 Å². The molecular weight excluding hydrogens is 260 g/mol. The van der Waals surface area contributed by atoms with Crippen LogP contribution in [0, 0.1) is 0 Å². The molecule has 0 saturated carbocycles. The Bertz CT molecular complexity index is 339. The van der Waals surface area contributed by atoms with Gasteiger partial charge < -0.3 is 14.7 Å². The fourth-order valence-corrected chi connectivity index (χ4v) is 3.04. The fraction of sp³-hybridized carbons (Fsp3) is 0.714. The van der Waals surface area contributed by atoms with Crippen LogP contribution in [0.1, 0.15) is 4.88 Å². The second kappa shape index (κ2) is 7.97. The van der Waals surface area contributed by atoms with Crippen molar-refractivity contribution in [3.05, 3.63) is 22.4 Å². The summed E-state index contributed by atoms with van der Waals surface area (Å²) < 4.78 is 5.31. The highest BCUT2D eigenvalue weighted by atomic mass is 32.1. The lowest BCUT2D eigenvalue weighted by atomic mass is 10.2. The molecule has 1 atom stereocenters. The summed E-state index contributed by atoms with van der Waals surface area (Å²) in [6, 6.07) is 4.26. The van der Waals surface area contributed by atoms with Crippen molar-refractivity contribution in [2.75, 3.05) is 53.0 Å². The van der Waals surface area contributed by atoms with Gasteiger partial charge in [0.2, 0.25) is 0 Å². The van der Waals surface area contributed by atoms with Gasteiger partial charge in [-0.3, -0.25) is 4.90 Å². The second-order valence-electron chi connectivity index (χ2n) is 5.16. The number of hydrogen-bond acceptors (Lipinski definition) is 5. The molecular formula is C14H24N2O2S. The van der Waals surface area contributed by atoms with E-state index in [9.17, 15) is 5.11 Å². The average molecular weight is 284 g/mol. The van der Waals surface area contributed by atoms with Crippen LogP contribution in [0.25, 0.3) is 0 Å². The Labute approximate surface area is 119 Å². The van der Waals surface area contributed by atoms with E-state index in [2.05, 4.69) is 34.4 Å². The monoisotopic (exact) mass is 284 g/mol. The summed E-state index contributed by atoms with van der Waals surface area (Å²) >= 11 is 1.80. The third-order valence-electron chi connectivity index (χ3n) is 3.42. The maximum absolute atomic E-state index is 10.1. The quantitative estimate of drug-likeness (QED) is 0.807. The van der Waals surface area contributed by atoms with E-state index in [0.717, 1.165) is 52.4 Å². The molecule has 0 radical (unpaired) electrons. The predicted octanol–water partition coefficient (Wildman–Crippen LogP) is 0.915. The van der Waals surface area contributed by atoms with Gasteiger partial charge in [-0.05, 0) is 24.9 Å². The molecule has 1 fully saturated rings. The summed E-state index contributed by atoms with van der Waals surface area (Å²) in [5.41, 5.74) is 0. The Hall–Kier alpha value is -0.460. The smallest absolute Gasteiger partial charge is 0.0793 e. The van der Waals surface area contributed by atoms with E-state index in [0.29, 0.717) is 0 Å². The van der Waals surface area contributed by atoms with Gasteiger partial charge in [-0.1, -0.05) is 6.07 Å². The molecule has 1 unspecified atom stereocenters. The van der Waals surface area contributed by atoms with Crippen molar-refractivity contribution in [3.63, 3.8) is 0 Å². The number of likely N-dealkylation sites (N-methyl/N-ethyl adjacent to an activating group) is 1. The number of morpholine rings is 1. The number of aliphatic hydroxyl groups is 1. The first-order valence-corrected chi connectivity index (χ1v) is 7.81. The molecule has 0 spiro atoms. The van der Waals surface area contributed by atoms with Gasteiger partial charge in [0.1, 0.15) is 0 Å². The number of ether oxygens (including phenoxy) is 1. The van der Waals surface area contributed by atoms with Crippen molar-refractivity contribution in [1.29, 1.82) is 0 Å². The maximum Gasteiger partial charge on any atom is 0.0793 e. The highest BCUT2D eigenvalue weighted by molar-refractivity contribution is 7.09. The first-order valence-electron chi connectivity index (χ1n) is 6.93. The molecule has 1 aromatic heterocycles. The van der Waals surface area contributed by atoms with Crippen LogP contribution in [0.4, 0.5) is 0 Å². The Morgan fingerprint density at radius 3 is 2.95 bits per heavy atom. The molecule has 2 heterocycles. The number of thiophene rings is 1. The Balaban J connectivity index is 1.62. The summed E-state index contributed by atoms with van der Waals surface area (Å²) in [5.74, 6) is 0. The van der Waals surface area contributed by atoms with E-state index >= 15 is 0 Å². The van der Waals surface area contributed by atoms with Gasteiger partial charge in [0.15, 0.2) is 0 Å². The van der Waals surface area contributed by atoms with Crippen molar-refractivity contribution in [3.8, 4) is 0 Å². The van der Waals surface area contributed by atoms with Crippen LogP contribution in [0.2, 0.25) is 0 Å². The second-order valence-corrected chi connectivity index (χ2v) is 6.19. The molecule has 0 aromatic carbocycles. The molecule has 19 heavy (non-hydrogen) atoms. The highest BCUT2D eigenvalue weighted by Gasteiger charge is 2.16. The van der Waals surface area contributed by atoms with Gasteiger partial charge in [0, 0.05) is 37.6 Å². The largest absolute Gasteiger partial charge is 0.390 e. The van der Waals surface area contributed by atoms with E-state index in [4.69, 9.17) is 4.74 Å². The Morgan fingerprint density at radius 1 is 1.47 bits per heavy atom. The number of nitrogens with zero attached hydrogens (tertiary/aromatic N) is 2. The van der Waals surface area contributed by atoms with Gasteiger partial charge in [-0.25, -0.2) is 0 Å². The molecule has 0 amide bonds. The van der Waals surface area contributed by atoms with Crippen LogP contribution in [-0.2, 0) is 11.2 Å². The molecule has 2 rings (SSSR count). The van der Waals surface area contributed by atoms with Crippen molar-refractivity contribution in [2.24, 2.45) is 0 Å². The average Bonchev–Trinajstić information content (AvgIpc) is 2.90. The van der Waals surface area contributed by atoms with Crippen LogP contribution in [0.3, 0.4) is 0 Å². The van der Waals surface area contributed by atoms with Crippen molar-refractivity contribution < 1.29 is 9.84 Å². The van der Waals surface area contributed by atoms with Gasteiger partial charge in [0.25, 0.3) is 0 Å². The lowest BCUT2D eigenvalue weighted by Crippen LogP contribution is -2.44. The summed E-state index contributed by atoms with van der Waals surface area (Å²) in [6.45, 7) is 5.96. The molecule has 1 aliphatic heterocycles. The molecule has 108 valence electrons. The van der Waals surface area contributed by atoms with Crippen LogP contribution < -0.4 is 0 Å². The van der Waals surface area contributed by atoms with Crippen molar-refractivity contribution in [1.82, 2.24) is 9.80 Å². The highest BCUT2D eigenvalue weighted by Crippen LogP contribution is 2.09. The lowest BCUT2D eigenvalue weighted by molar-refractivity contribution is 0.00879. The summed E-state index contributed by atoms with van der Waals surface area (Å²) in [4.78, 5) is 5.90. The maximum atomic E-state index is 10.1. The first-order chi connectivity index (χ1) is 9.24. The summed E-state index contributed by atoms with van der Waals surface area (Å²) in [5, 5.41) is 12.2. The molecule has 5 heteroatoms. The first kappa shape index (κ1) is 14.9. The standard InChI is InChI=1S/C14H24N2O2S/c1-15(5-4-14-3-2-10-19-14)11-13(17)12-16-6-8-18-9-7-16/h2-3,10,13,17H,4-9,11-12H2,1H3. The van der Waals surface area contributed by atoms with E-state index in [-0.39, 0.29) is 6.10 Å². The van der Waals surface area contributed by atoms with Gasteiger partial charge in [0.05, 0.1) is 19.3 Å². The predicted molar refractivity (Wildman–Crippen MR) is 78.8 cm³/mol. The zero-order valence-electron chi connectivity index (χ0n) is 11.6. The molecule has 0 aliphatic carbocycles. The zero-order chi connectivity index (χ0) is 13.5. The Kier molecular flexibility index (Phi) is 6.26. The topological polar surface area (TPSA) is 35.9 Å². The van der Waals surface area contributed by atoms with Crippen LogP contribution >= 0.6 is 11.3 Å². The number of rotatable bonds is 7. The Morgan fingerprint density at radius 2 is 2.26 bits per heavy atom. The molecule has 4 nitrogen and oxygen atoms in total. The SMILES string of the molecule is CN(CCc1cccs1)CC(O)CN1CCOCC1. The normalized spacial score (nSPS) is 18.9. The van der Waals surface area contributed by atoms with E-state index in [1.807, 2.05) is 0 Å². The van der Waals surface area contributed by atoms with Crippen LogP contribution in [0.5, 0.6) is 0 Å². The summed E-state index contributed by atoms with van der Waals surface area (Å²) in [6.07, 6.45) is 0.796. The minimum Gasteiger partial charge on any atom is -0.390 e. The minimum absolute atomic E-state index is 0.272. The van der Waals surface area contributed by atoms with Gasteiger partial charge in [-0.15, -0.1) is 11.3 Å². The molecule has 1 aliphatic rings. The molecule has 1 N–H and O–H groups in total. The summed E-state index contributed by atoms with van der Waals surface area (Å²) in [7, 11) is 2.08. The van der Waals surface area contributed by atoms with E-state index in [1.54, 1.807) is 11.3 Å². The van der Waals surface area contributed by atoms with Crippen molar-refractivity contribution >= 4 is 11.3 Å². The van der Waals surface area contributed by atoms with Crippen molar-refractivity contribution in [2.45, 2.75) is 12.5 Å². The number of hydrogen-bond donors (Lipinski definition) is 1. The van der Waals surface area contributed by atoms with E-state index in [1.165, 1.54) is 4.88 Å². The third kappa shape index (κ3) is 5.58. The molecule has 1 aromatic rings. The van der Waals surface area contributed by atoms with E-state index < -0.39 is 0 Å². The number of aliphatic hydroxyl groups excluding tert-OH is 1.